The van der Waals surface area contributed by atoms with Crippen molar-refractivity contribution in [3.05, 3.63) is 59.8 Å². The molecule has 0 N–H and O–H groups in total. The molecule has 0 aliphatic carbocycles. The fourth-order valence-electron chi connectivity index (χ4n) is 2.71. The quantitative estimate of drug-likeness (QED) is 0.561. The lowest BCUT2D eigenvalue weighted by Crippen LogP contribution is -1.99. The number of ether oxygens (including phenoxy) is 1. The smallest absolute Gasteiger partial charge is 0.280 e. The summed E-state index contributed by atoms with van der Waals surface area (Å²) in [6, 6.07) is 15.5. The van der Waals surface area contributed by atoms with Crippen LogP contribution in [0.25, 0.3) is 28.7 Å². The van der Waals surface area contributed by atoms with Crippen LogP contribution in [-0.4, -0.2) is 32.2 Å². The van der Waals surface area contributed by atoms with Gasteiger partial charge in [-0.1, -0.05) is 22.5 Å². The van der Waals surface area contributed by atoms with Gasteiger partial charge in [0, 0.05) is 5.56 Å². The molecule has 0 bridgehead atoms. The summed E-state index contributed by atoms with van der Waals surface area (Å²) in [5.74, 6) is 1.61. The highest BCUT2D eigenvalue weighted by molar-refractivity contribution is 5.59. The molecule has 0 amide bonds. The summed E-state index contributed by atoms with van der Waals surface area (Å²) >= 11 is 0. The van der Waals surface area contributed by atoms with Crippen LogP contribution in [0.4, 0.5) is 0 Å². The predicted octanol–water partition coefficient (Wildman–Crippen LogP) is 3.61. The van der Waals surface area contributed by atoms with Gasteiger partial charge < -0.3 is 9.26 Å². The molecule has 0 aliphatic rings. The van der Waals surface area contributed by atoms with Gasteiger partial charge >= 0.3 is 0 Å². The number of nitrogens with zero attached hydrogens (tertiary/aromatic N) is 5. The van der Waals surface area contributed by atoms with Crippen LogP contribution in [-0.2, 0) is 0 Å². The third-order valence-corrected chi connectivity index (χ3v) is 4.12. The van der Waals surface area contributed by atoms with Crippen molar-refractivity contribution in [2.75, 3.05) is 7.11 Å². The maximum Gasteiger partial charge on any atom is 0.280 e. The zero-order valence-electron chi connectivity index (χ0n) is 14.7. The van der Waals surface area contributed by atoms with Crippen LogP contribution in [0.3, 0.4) is 0 Å². The molecule has 0 saturated carbocycles. The Bertz CT molecular complexity index is 1050. The van der Waals surface area contributed by atoms with Crippen LogP contribution in [0, 0.1) is 13.8 Å². The van der Waals surface area contributed by atoms with E-state index in [0.717, 1.165) is 28.3 Å². The minimum absolute atomic E-state index is 0.340. The van der Waals surface area contributed by atoms with Gasteiger partial charge in [-0.25, -0.2) is 4.68 Å². The van der Waals surface area contributed by atoms with Crippen molar-refractivity contribution in [3.8, 4) is 34.4 Å². The van der Waals surface area contributed by atoms with E-state index in [9.17, 15) is 0 Å². The molecule has 7 nitrogen and oxygen atoms in total. The summed E-state index contributed by atoms with van der Waals surface area (Å²) in [5.41, 5.74) is 4.33. The first-order valence-electron chi connectivity index (χ1n) is 8.13. The molecule has 0 saturated heterocycles. The Hall–Kier alpha value is -3.48. The maximum atomic E-state index is 5.41. The summed E-state index contributed by atoms with van der Waals surface area (Å²) in [6.45, 7) is 3.96. The van der Waals surface area contributed by atoms with E-state index >= 15 is 0 Å². The van der Waals surface area contributed by atoms with Gasteiger partial charge in [-0.2, -0.15) is 4.98 Å². The van der Waals surface area contributed by atoms with E-state index in [4.69, 9.17) is 9.26 Å². The highest BCUT2D eigenvalue weighted by atomic mass is 16.5. The molecule has 0 atom stereocenters. The van der Waals surface area contributed by atoms with Gasteiger partial charge in [0.2, 0.25) is 5.82 Å². The van der Waals surface area contributed by atoms with Crippen molar-refractivity contribution < 1.29 is 9.26 Å². The molecular weight excluding hydrogens is 330 g/mol. The molecule has 130 valence electrons. The largest absolute Gasteiger partial charge is 0.497 e. The molecule has 0 aliphatic heterocycles. The highest BCUT2D eigenvalue weighted by Gasteiger charge is 2.19. The fourth-order valence-corrected chi connectivity index (χ4v) is 2.71. The zero-order valence-corrected chi connectivity index (χ0v) is 14.7. The third kappa shape index (κ3) is 2.83. The Labute approximate surface area is 150 Å². The Kier molecular flexibility index (Phi) is 3.96. The number of hydrogen-bond acceptors (Lipinski definition) is 6. The fraction of sp³-hybridized carbons (Fsp3) is 0.158. The normalized spacial score (nSPS) is 10.9. The highest BCUT2D eigenvalue weighted by Crippen LogP contribution is 2.25. The third-order valence-electron chi connectivity index (χ3n) is 4.12. The van der Waals surface area contributed by atoms with Gasteiger partial charge in [0.1, 0.15) is 5.75 Å². The summed E-state index contributed by atoms with van der Waals surface area (Å²) in [4.78, 5) is 4.46. The molecule has 4 aromatic rings. The number of methoxy groups -OCH3 is 1. The second kappa shape index (κ2) is 6.44. The van der Waals surface area contributed by atoms with E-state index in [1.54, 1.807) is 11.8 Å². The molecule has 2 heterocycles. The predicted molar refractivity (Wildman–Crippen MR) is 96.1 cm³/mol. The zero-order chi connectivity index (χ0) is 18.1. The number of benzene rings is 2. The van der Waals surface area contributed by atoms with Crippen LogP contribution in [0.2, 0.25) is 0 Å². The number of aryl methyl sites for hydroxylation is 1. The summed E-state index contributed by atoms with van der Waals surface area (Å²) in [7, 11) is 1.63. The Balaban J connectivity index is 1.68. The Morgan fingerprint density at radius 1 is 1.04 bits per heavy atom. The minimum Gasteiger partial charge on any atom is -0.497 e. The monoisotopic (exact) mass is 347 g/mol. The van der Waals surface area contributed by atoms with Crippen LogP contribution in [0.15, 0.2) is 53.1 Å². The van der Waals surface area contributed by atoms with Crippen molar-refractivity contribution in [3.63, 3.8) is 0 Å². The van der Waals surface area contributed by atoms with Crippen molar-refractivity contribution in [1.82, 2.24) is 25.1 Å². The summed E-state index contributed by atoms with van der Waals surface area (Å²) < 4.78 is 12.3. The first kappa shape index (κ1) is 16.0. The lowest BCUT2D eigenvalue weighted by molar-refractivity contribution is 0.414. The summed E-state index contributed by atoms with van der Waals surface area (Å²) in [6.07, 6.45) is 0. The molecule has 2 aromatic heterocycles. The molecule has 0 fully saturated rings. The summed E-state index contributed by atoms with van der Waals surface area (Å²) in [5, 5.41) is 12.5. The van der Waals surface area contributed by atoms with Gasteiger partial charge in [-0.15, -0.1) is 5.10 Å². The van der Waals surface area contributed by atoms with E-state index in [0.29, 0.717) is 17.4 Å². The van der Waals surface area contributed by atoms with Crippen LogP contribution in [0.5, 0.6) is 5.75 Å². The SMILES string of the molecule is COc1ccc(-c2noc(-c3nnn(-c4cccc(C)c4)c3C)n2)cc1. The average Bonchev–Trinajstić information content (AvgIpc) is 3.28. The van der Waals surface area contributed by atoms with Gasteiger partial charge in [-0.3, -0.25) is 0 Å². The lowest BCUT2D eigenvalue weighted by atomic mass is 10.2. The Morgan fingerprint density at radius 3 is 2.58 bits per heavy atom. The van der Waals surface area contributed by atoms with Crippen LogP contribution >= 0.6 is 0 Å². The number of aromatic nitrogens is 5. The van der Waals surface area contributed by atoms with E-state index < -0.39 is 0 Å². The molecule has 4 rings (SSSR count). The van der Waals surface area contributed by atoms with Crippen molar-refractivity contribution in [2.45, 2.75) is 13.8 Å². The Morgan fingerprint density at radius 2 is 1.85 bits per heavy atom. The standard InChI is InChI=1S/C19H17N5O2/c1-12-5-4-6-15(11-12)24-13(2)17(21-23-24)19-20-18(22-26-19)14-7-9-16(25-3)10-8-14/h4-11H,1-3H3. The van der Waals surface area contributed by atoms with Gasteiger partial charge in [-0.05, 0) is 55.8 Å². The van der Waals surface area contributed by atoms with E-state index in [1.165, 1.54) is 0 Å². The second-order valence-electron chi connectivity index (χ2n) is 5.93. The second-order valence-corrected chi connectivity index (χ2v) is 5.93. The van der Waals surface area contributed by atoms with Gasteiger partial charge in [0.15, 0.2) is 5.69 Å². The molecule has 0 radical (unpaired) electrons. The molecule has 2 aromatic carbocycles. The van der Waals surface area contributed by atoms with E-state index in [1.807, 2.05) is 62.4 Å². The van der Waals surface area contributed by atoms with Gasteiger partial charge in [0.25, 0.3) is 5.89 Å². The molecular formula is C19H17N5O2. The molecule has 7 heteroatoms. The lowest BCUT2D eigenvalue weighted by Gasteiger charge is -2.03. The van der Waals surface area contributed by atoms with Crippen LogP contribution in [0.1, 0.15) is 11.3 Å². The van der Waals surface area contributed by atoms with Crippen molar-refractivity contribution >= 4 is 0 Å². The van der Waals surface area contributed by atoms with Gasteiger partial charge in [0.05, 0.1) is 18.5 Å². The minimum atomic E-state index is 0.340. The number of rotatable bonds is 4. The molecule has 0 spiro atoms. The van der Waals surface area contributed by atoms with Crippen molar-refractivity contribution in [1.29, 1.82) is 0 Å². The maximum absolute atomic E-state index is 5.41. The van der Waals surface area contributed by atoms with Crippen LogP contribution < -0.4 is 4.74 Å². The van der Waals surface area contributed by atoms with E-state index in [-0.39, 0.29) is 0 Å². The van der Waals surface area contributed by atoms with Crippen molar-refractivity contribution in [2.24, 2.45) is 0 Å². The first-order chi connectivity index (χ1) is 12.7. The number of hydrogen-bond donors (Lipinski definition) is 0. The average molecular weight is 347 g/mol. The van der Waals surface area contributed by atoms with E-state index in [2.05, 4.69) is 20.5 Å². The topological polar surface area (TPSA) is 78.9 Å². The molecule has 26 heavy (non-hydrogen) atoms. The first-order valence-corrected chi connectivity index (χ1v) is 8.13. The molecule has 0 unspecified atom stereocenters.